The lowest BCUT2D eigenvalue weighted by Crippen LogP contribution is -2.28. The molecule has 2 N–H and O–H groups in total. The molecular weight excluding hydrogens is 442 g/mol. The molecular formula is C26H26ClNO5. The number of carbonyl (C=O) groups excluding carboxylic acids is 1. The molecule has 0 fully saturated rings. The van der Waals surface area contributed by atoms with Gasteiger partial charge in [0.2, 0.25) is 5.91 Å². The van der Waals surface area contributed by atoms with Crippen LogP contribution < -0.4 is 10.1 Å². The van der Waals surface area contributed by atoms with Crippen LogP contribution in [0.15, 0.2) is 75.4 Å². The number of carbonyl (C=O) groups is 1. The van der Waals surface area contributed by atoms with Crippen molar-refractivity contribution in [3.05, 3.63) is 87.9 Å². The number of rotatable bonds is 7. The third-order valence-electron chi connectivity index (χ3n) is 5.91. The van der Waals surface area contributed by atoms with Crippen LogP contribution in [0, 0.1) is 0 Å². The molecule has 6 nitrogen and oxygen atoms in total. The monoisotopic (exact) mass is 467 g/mol. The average Bonchev–Trinajstić information content (AvgIpc) is 3.42. The fourth-order valence-electron chi connectivity index (χ4n) is 4.12. The first-order valence-corrected chi connectivity index (χ1v) is 11.0. The van der Waals surface area contributed by atoms with Gasteiger partial charge in [-0.2, -0.15) is 0 Å². The predicted molar refractivity (Wildman–Crippen MR) is 128 cm³/mol. The summed E-state index contributed by atoms with van der Waals surface area (Å²) in [4.78, 5) is 12.7. The summed E-state index contributed by atoms with van der Waals surface area (Å²) in [5.41, 5.74) is 5.71. The van der Waals surface area contributed by atoms with Gasteiger partial charge in [0.1, 0.15) is 23.7 Å². The van der Waals surface area contributed by atoms with E-state index in [2.05, 4.69) is 5.32 Å². The highest BCUT2D eigenvalue weighted by atomic mass is 35.5. The zero-order valence-electron chi connectivity index (χ0n) is 18.7. The van der Waals surface area contributed by atoms with Gasteiger partial charge in [0, 0.05) is 7.11 Å². The highest BCUT2D eigenvalue weighted by molar-refractivity contribution is 6.30. The Morgan fingerprint density at radius 3 is 2.79 bits per heavy atom. The Balaban J connectivity index is 1.67. The number of aliphatic hydroxyl groups excluding tert-OH is 1. The average molecular weight is 468 g/mol. The van der Waals surface area contributed by atoms with Gasteiger partial charge < -0.3 is 24.3 Å². The van der Waals surface area contributed by atoms with E-state index in [0.29, 0.717) is 17.3 Å². The largest absolute Gasteiger partial charge is 0.497 e. The molecule has 2 aliphatic carbocycles. The van der Waals surface area contributed by atoms with Gasteiger partial charge >= 0.3 is 0 Å². The van der Waals surface area contributed by atoms with E-state index >= 15 is 0 Å². The molecule has 0 spiro atoms. The maximum atomic E-state index is 12.7. The number of furan rings is 1. The van der Waals surface area contributed by atoms with Crippen LogP contribution in [-0.2, 0) is 16.1 Å². The second-order valence-electron chi connectivity index (χ2n) is 7.95. The molecule has 2 aromatic rings. The summed E-state index contributed by atoms with van der Waals surface area (Å²) in [6.45, 7) is 2.34. The normalized spacial score (nSPS) is 21.1. The van der Waals surface area contributed by atoms with Gasteiger partial charge in [0.05, 0.1) is 31.4 Å². The highest BCUT2D eigenvalue weighted by Gasteiger charge is 2.28. The number of amides is 1. The van der Waals surface area contributed by atoms with E-state index in [0.717, 1.165) is 39.2 Å². The van der Waals surface area contributed by atoms with Gasteiger partial charge in [-0.15, -0.1) is 0 Å². The lowest BCUT2D eigenvalue weighted by atomic mass is 9.96. The fraction of sp³-hybridized carbons (Fsp3) is 0.269. The van der Waals surface area contributed by atoms with Crippen molar-refractivity contribution >= 4 is 28.7 Å². The first-order valence-electron chi connectivity index (χ1n) is 10.6. The summed E-state index contributed by atoms with van der Waals surface area (Å²) < 4.78 is 16.1. The lowest BCUT2D eigenvalue weighted by molar-refractivity contribution is -0.120. The van der Waals surface area contributed by atoms with E-state index in [9.17, 15) is 9.90 Å². The first kappa shape index (κ1) is 23.1. The molecule has 0 saturated heterocycles. The Hall–Kier alpha value is -3.06. The Morgan fingerprint density at radius 1 is 1.27 bits per heavy atom. The smallest absolute Gasteiger partial charge is 0.224 e. The van der Waals surface area contributed by atoms with Crippen molar-refractivity contribution in [2.24, 2.45) is 0 Å². The quantitative estimate of drug-likeness (QED) is 0.621. The van der Waals surface area contributed by atoms with Gasteiger partial charge in [0.25, 0.3) is 0 Å². The summed E-state index contributed by atoms with van der Waals surface area (Å²) in [5.74, 6) is 1.32. The van der Waals surface area contributed by atoms with Crippen LogP contribution in [0.25, 0.3) is 11.1 Å². The van der Waals surface area contributed by atoms with Crippen LogP contribution in [-0.4, -0.2) is 37.4 Å². The molecule has 33 heavy (non-hydrogen) atoms. The van der Waals surface area contributed by atoms with Crippen LogP contribution in [0.3, 0.4) is 0 Å². The van der Waals surface area contributed by atoms with E-state index in [1.54, 1.807) is 25.5 Å². The minimum absolute atomic E-state index is 0.0989. The van der Waals surface area contributed by atoms with Crippen molar-refractivity contribution in [3.8, 4) is 5.75 Å². The van der Waals surface area contributed by atoms with Gasteiger partial charge in [-0.05, 0) is 82.8 Å². The Morgan fingerprint density at radius 2 is 2.09 bits per heavy atom. The van der Waals surface area contributed by atoms with E-state index in [1.807, 2.05) is 43.3 Å². The second-order valence-corrected chi connectivity index (χ2v) is 8.38. The van der Waals surface area contributed by atoms with E-state index in [-0.39, 0.29) is 12.3 Å². The summed E-state index contributed by atoms with van der Waals surface area (Å²) >= 11 is 6.24. The molecule has 4 rings (SSSR count). The number of benzene rings is 1. The number of fused-ring (bicyclic) bond motifs is 1. The molecule has 0 radical (unpaired) electrons. The van der Waals surface area contributed by atoms with E-state index in [4.69, 9.17) is 25.5 Å². The molecule has 172 valence electrons. The van der Waals surface area contributed by atoms with Crippen LogP contribution in [0.5, 0.6) is 5.75 Å². The van der Waals surface area contributed by atoms with Crippen LogP contribution >= 0.6 is 11.6 Å². The van der Waals surface area contributed by atoms with Crippen molar-refractivity contribution in [2.75, 3.05) is 14.2 Å². The number of nitrogens with one attached hydrogen (secondary N) is 1. The zero-order chi connectivity index (χ0) is 23.5. The van der Waals surface area contributed by atoms with Crippen LogP contribution in [0.1, 0.15) is 30.2 Å². The maximum absolute atomic E-state index is 12.7. The third kappa shape index (κ3) is 4.83. The van der Waals surface area contributed by atoms with Gasteiger partial charge in [-0.25, -0.2) is 0 Å². The lowest BCUT2D eigenvalue weighted by Gasteiger charge is -2.22. The Kier molecular flexibility index (Phi) is 6.88. The molecule has 1 aromatic carbocycles. The topological polar surface area (TPSA) is 80.9 Å². The fourth-order valence-corrected chi connectivity index (χ4v) is 4.37. The number of hydrogen-bond donors (Lipinski definition) is 2. The highest BCUT2D eigenvalue weighted by Crippen LogP contribution is 2.45. The van der Waals surface area contributed by atoms with Gasteiger partial charge in [-0.1, -0.05) is 17.7 Å². The molecule has 0 aliphatic heterocycles. The predicted octanol–water partition coefficient (Wildman–Crippen LogP) is 4.60. The molecule has 0 bridgehead atoms. The molecule has 2 aliphatic rings. The van der Waals surface area contributed by atoms with E-state index < -0.39 is 12.2 Å². The number of aliphatic hydroxyl groups is 1. The molecule has 1 amide bonds. The van der Waals surface area contributed by atoms with Crippen molar-refractivity contribution in [3.63, 3.8) is 0 Å². The first-order chi connectivity index (χ1) is 15.9. The molecule has 0 saturated carbocycles. The minimum atomic E-state index is -0.885. The SMILES string of the molecule is COc1ccc2c(c1)C(CC(=O)NCc1ccco1)=C(C)/C2=C/C1=CC(OC)C(O)C(Cl)=C1. The summed E-state index contributed by atoms with van der Waals surface area (Å²) in [6, 6.07) is 9.46. The van der Waals surface area contributed by atoms with Crippen LogP contribution in [0.4, 0.5) is 0 Å². The third-order valence-corrected chi connectivity index (χ3v) is 6.25. The summed E-state index contributed by atoms with van der Waals surface area (Å²) in [6.07, 6.45) is 5.98. The van der Waals surface area contributed by atoms with Crippen molar-refractivity contribution < 1.29 is 23.8 Å². The summed E-state index contributed by atoms with van der Waals surface area (Å²) in [5, 5.41) is 13.4. The van der Waals surface area contributed by atoms with Gasteiger partial charge in [-0.3, -0.25) is 4.79 Å². The Bertz CT molecular complexity index is 1170. The van der Waals surface area contributed by atoms with Crippen molar-refractivity contribution in [1.29, 1.82) is 0 Å². The van der Waals surface area contributed by atoms with E-state index in [1.165, 1.54) is 7.11 Å². The molecule has 2 unspecified atom stereocenters. The molecule has 7 heteroatoms. The number of hydrogen-bond acceptors (Lipinski definition) is 5. The van der Waals surface area contributed by atoms with Gasteiger partial charge in [0.15, 0.2) is 0 Å². The zero-order valence-corrected chi connectivity index (χ0v) is 19.5. The number of methoxy groups -OCH3 is 2. The second kappa shape index (κ2) is 9.83. The number of allylic oxidation sites excluding steroid dienone is 5. The maximum Gasteiger partial charge on any atom is 0.224 e. The summed E-state index contributed by atoms with van der Waals surface area (Å²) in [7, 11) is 3.15. The number of ether oxygens (including phenoxy) is 2. The molecule has 2 atom stereocenters. The van der Waals surface area contributed by atoms with Crippen molar-refractivity contribution in [2.45, 2.75) is 32.1 Å². The molecule has 1 aromatic heterocycles. The minimum Gasteiger partial charge on any atom is -0.497 e. The Labute approximate surface area is 197 Å². The standard InChI is InChI=1S/C26H26ClNO5/c1-15-20(9-16-10-23(27)26(30)24(11-16)32-3)19-7-6-17(31-2)12-22(19)21(15)13-25(29)28-14-18-5-4-8-33-18/h4-12,24,26,30H,13-14H2,1-3H3,(H,28,29)/b20-9-. The number of halogens is 1. The van der Waals surface area contributed by atoms with Crippen molar-refractivity contribution in [1.82, 2.24) is 5.32 Å². The molecule has 1 heterocycles. The van der Waals surface area contributed by atoms with Crippen LogP contribution in [0.2, 0.25) is 0 Å².